The van der Waals surface area contributed by atoms with Gasteiger partial charge in [-0.05, 0) is 67.4 Å². The van der Waals surface area contributed by atoms with Gasteiger partial charge in [0.15, 0.2) is 0 Å². The predicted octanol–water partition coefficient (Wildman–Crippen LogP) is 4.45. The molecule has 0 radical (unpaired) electrons. The van der Waals surface area contributed by atoms with Crippen molar-refractivity contribution in [1.29, 1.82) is 0 Å². The maximum Gasteiger partial charge on any atom is 0.265 e. The number of halogens is 2. The van der Waals surface area contributed by atoms with Crippen LogP contribution in [0.3, 0.4) is 0 Å². The normalized spacial score (nSPS) is 15.5. The molecule has 8 nitrogen and oxygen atoms in total. The largest absolute Gasteiger partial charge is 0.330 e. The van der Waals surface area contributed by atoms with Gasteiger partial charge in [0.25, 0.3) is 15.9 Å². The van der Waals surface area contributed by atoms with Crippen LogP contribution >= 0.6 is 23.2 Å². The Hall–Kier alpha value is -3.11. The molecule has 11 heteroatoms. The zero-order valence-corrected chi connectivity index (χ0v) is 22.4. The molecule has 0 saturated carbocycles. The molecular formula is C26H26Cl2N4O4S. The molecule has 0 unspecified atom stereocenters. The van der Waals surface area contributed by atoms with Crippen molar-refractivity contribution in [2.45, 2.75) is 30.2 Å². The molecule has 4 rings (SSSR count). The van der Waals surface area contributed by atoms with Gasteiger partial charge in [-0.1, -0.05) is 47.5 Å². The molecule has 3 N–H and O–H groups in total. The third-order valence-corrected chi connectivity index (χ3v) is 8.67. The van der Waals surface area contributed by atoms with Crippen LogP contribution in [-0.2, 0) is 26.0 Å². The van der Waals surface area contributed by atoms with E-state index in [0.29, 0.717) is 17.9 Å². The number of aryl methyl sites for hydroxylation is 1. The second-order valence-electron chi connectivity index (χ2n) is 8.62. The van der Waals surface area contributed by atoms with Gasteiger partial charge in [-0.2, -0.15) is 0 Å². The maximum atomic E-state index is 13.9. The summed E-state index contributed by atoms with van der Waals surface area (Å²) in [5.74, 6) is -1.04. The Bertz CT molecular complexity index is 1430. The summed E-state index contributed by atoms with van der Waals surface area (Å²) >= 11 is 12.1. The minimum absolute atomic E-state index is 0.0562. The minimum atomic E-state index is -4.30. The lowest BCUT2D eigenvalue weighted by atomic mass is 10.1. The minimum Gasteiger partial charge on any atom is -0.330 e. The average Bonchev–Trinajstić information content (AvgIpc) is 2.88. The van der Waals surface area contributed by atoms with Crippen LogP contribution in [0.15, 0.2) is 71.6 Å². The smallest absolute Gasteiger partial charge is 0.265 e. The summed E-state index contributed by atoms with van der Waals surface area (Å²) in [5, 5.41) is 3.02. The van der Waals surface area contributed by atoms with Gasteiger partial charge in [0.1, 0.15) is 6.04 Å². The van der Waals surface area contributed by atoms with Gasteiger partial charge < -0.3 is 16.0 Å². The van der Waals surface area contributed by atoms with E-state index in [2.05, 4.69) is 5.32 Å². The van der Waals surface area contributed by atoms with Crippen LogP contribution in [0.5, 0.6) is 0 Å². The highest BCUT2D eigenvalue weighted by Crippen LogP contribution is 2.40. The molecule has 1 aliphatic heterocycles. The molecule has 3 aromatic carbocycles. The molecule has 0 fully saturated rings. The third-order valence-electron chi connectivity index (χ3n) is 6.11. The van der Waals surface area contributed by atoms with E-state index in [9.17, 15) is 18.0 Å². The fraction of sp³-hybridized carbons (Fsp3) is 0.231. The first-order valence-corrected chi connectivity index (χ1v) is 13.8. The number of sulfonamides is 1. The van der Waals surface area contributed by atoms with Gasteiger partial charge in [0.05, 0.1) is 32.7 Å². The van der Waals surface area contributed by atoms with Gasteiger partial charge in [0, 0.05) is 12.7 Å². The number of anilines is 3. The Morgan fingerprint density at radius 2 is 1.68 bits per heavy atom. The van der Waals surface area contributed by atoms with E-state index in [1.807, 2.05) is 12.1 Å². The van der Waals surface area contributed by atoms with E-state index < -0.39 is 34.3 Å². The molecule has 0 spiro atoms. The van der Waals surface area contributed by atoms with Crippen LogP contribution < -0.4 is 20.3 Å². The van der Waals surface area contributed by atoms with Gasteiger partial charge in [0.2, 0.25) is 5.91 Å². The summed E-state index contributed by atoms with van der Waals surface area (Å²) < 4.78 is 28.7. The molecule has 0 bridgehead atoms. The fourth-order valence-corrected chi connectivity index (χ4v) is 6.22. The standard InChI is InChI=1S/C26H26Cl2N4O4S/c1-31-22-6-2-3-7-23(22)32(37(35,36)19-12-13-20(27)21(28)15-19)24(26(31)34)16-25(33)30-18-10-8-17(9-11-18)5-4-14-29/h2-3,6-13,15,24H,4-5,14,16,29H2,1H3,(H,30,33)/t24-/m1/s1. The van der Waals surface area contributed by atoms with Crippen molar-refractivity contribution in [3.8, 4) is 0 Å². The lowest BCUT2D eigenvalue weighted by molar-refractivity contribution is -0.123. The van der Waals surface area contributed by atoms with Crippen molar-refractivity contribution in [2.24, 2.45) is 5.73 Å². The van der Waals surface area contributed by atoms with Crippen molar-refractivity contribution in [1.82, 2.24) is 0 Å². The molecule has 1 aliphatic rings. The number of hydrogen-bond acceptors (Lipinski definition) is 5. The Labute approximate surface area is 226 Å². The number of nitrogens with zero attached hydrogens (tertiary/aromatic N) is 2. The van der Waals surface area contributed by atoms with Crippen molar-refractivity contribution in [3.63, 3.8) is 0 Å². The monoisotopic (exact) mass is 560 g/mol. The molecule has 37 heavy (non-hydrogen) atoms. The quantitative estimate of drug-likeness (QED) is 0.422. The highest BCUT2D eigenvalue weighted by Gasteiger charge is 2.44. The molecule has 2 amide bonds. The Morgan fingerprint density at radius 3 is 2.32 bits per heavy atom. The summed E-state index contributed by atoms with van der Waals surface area (Å²) in [7, 11) is -2.75. The van der Waals surface area contributed by atoms with E-state index >= 15 is 0 Å². The number of benzene rings is 3. The first-order chi connectivity index (χ1) is 17.6. The van der Waals surface area contributed by atoms with Crippen LogP contribution in [0, 0.1) is 0 Å². The average molecular weight is 561 g/mol. The number of nitrogens with one attached hydrogen (secondary N) is 1. The third kappa shape index (κ3) is 5.60. The highest BCUT2D eigenvalue weighted by molar-refractivity contribution is 7.93. The number of amides is 2. The second-order valence-corrected chi connectivity index (χ2v) is 11.2. The van der Waals surface area contributed by atoms with E-state index in [-0.39, 0.29) is 20.6 Å². The summed E-state index contributed by atoms with van der Waals surface area (Å²) in [6.45, 7) is 0.590. The summed E-state index contributed by atoms with van der Waals surface area (Å²) in [6, 6.07) is 16.5. The van der Waals surface area contributed by atoms with Gasteiger partial charge in [-0.25, -0.2) is 8.42 Å². The molecule has 1 atom stereocenters. The predicted molar refractivity (Wildman–Crippen MR) is 147 cm³/mol. The van der Waals surface area contributed by atoms with Crippen LogP contribution in [0.25, 0.3) is 0 Å². The van der Waals surface area contributed by atoms with Crippen LogP contribution in [0.1, 0.15) is 18.4 Å². The second kappa shape index (κ2) is 11.1. The van der Waals surface area contributed by atoms with Gasteiger partial charge in [-0.3, -0.25) is 13.9 Å². The SMILES string of the molecule is CN1C(=O)[C@@H](CC(=O)Nc2ccc(CCCN)cc2)N(S(=O)(=O)c2ccc(Cl)c(Cl)c2)c2ccccc21. The Balaban J connectivity index is 1.67. The molecule has 0 aromatic heterocycles. The van der Waals surface area contributed by atoms with Gasteiger partial charge >= 0.3 is 0 Å². The number of hydrogen-bond donors (Lipinski definition) is 2. The van der Waals surface area contributed by atoms with Crippen molar-refractivity contribution in [2.75, 3.05) is 28.1 Å². The fourth-order valence-electron chi connectivity index (χ4n) is 4.21. The molecule has 1 heterocycles. The van der Waals surface area contributed by atoms with Gasteiger partial charge in [-0.15, -0.1) is 0 Å². The van der Waals surface area contributed by atoms with Crippen LogP contribution in [0.2, 0.25) is 10.0 Å². The lowest BCUT2D eigenvalue weighted by Gasteiger charge is -2.40. The van der Waals surface area contributed by atoms with Crippen molar-refractivity contribution in [3.05, 3.63) is 82.3 Å². The molecule has 194 valence electrons. The van der Waals surface area contributed by atoms with E-state index in [1.165, 1.54) is 23.1 Å². The Morgan fingerprint density at radius 1 is 1.00 bits per heavy atom. The number of likely N-dealkylation sites (N-methyl/N-ethyl adjacent to an activating group) is 1. The topological polar surface area (TPSA) is 113 Å². The van der Waals surface area contributed by atoms with E-state index in [4.69, 9.17) is 28.9 Å². The van der Waals surface area contributed by atoms with Crippen LogP contribution in [-0.4, -0.2) is 39.9 Å². The number of nitrogens with two attached hydrogens (primary N) is 1. The summed E-state index contributed by atoms with van der Waals surface area (Å²) in [5.41, 5.74) is 7.86. The van der Waals surface area contributed by atoms with Crippen molar-refractivity contribution >= 4 is 62.1 Å². The Kier molecular flexibility index (Phi) is 8.08. The zero-order valence-electron chi connectivity index (χ0n) is 20.0. The molecule has 0 aliphatic carbocycles. The number of para-hydroxylation sites is 2. The van der Waals surface area contributed by atoms with Crippen molar-refractivity contribution < 1.29 is 18.0 Å². The molecular weight excluding hydrogens is 535 g/mol. The number of carbonyl (C=O) groups excluding carboxylic acids is 2. The summed E-state index contributed by atoms with van der Waals surface area (Å²) in [6.07, 6.45) is 1.29. The highest BCUT2D eigenvalue weighted by atomic mass is 35.5. The maximum absolute atomic E-state index is 13.9. The molecule has 0 saturated heterocycles. The number of fused-ring (bicyclic) bond motifs is 1. The summed E-state index contributed by atoms with van der Waals surface area (Å²) in [4.78, 5) is 27.7. The van der Waals surface area contributed by atoms with E-state index in [1.54, 1.807) is 43.4 Å². The van der Waals surface area contributed by atoms with E-state index in [0.717, 1.165) is 22.7 Å². The first-order valence-electron chi connectivity index (χ1n) is 11.6. The molecule has 3 aromatic rings. The van der Waals surface area contributed by atoms with Crippen LogP contribution in [0.4, 0.5) is 17.1 Å². The zero-order chi connectivity index (χ0) is 26.7. The number of carbonyl (C=O) groups is 2. The number of rotatable bonds is 8. The first kappa shape index (κ1) is 26.9. The lowest BCUT2D eigenvalue weighted by Crippen LogP contribution is -2.55.